The smallest absolute Gasteiger partial charge is 0.417 e. The summed E-state index contributed by atoms with van der Waals surface area (Å²) in [5.41, 5.74) is 3.73. The predicted molar refractivity (Wildman–Crippen MR) is 82.0 cm³/mol. The van der Waals surface area contributed by atoms with Crippen LogP contribution in [0.1, 0.15) is 22.3 Å². The SMILES string of the molecule is Cc1ccccc1COC(=O)C(=O)OCc1ccccc1C. The summed E-state index contributed by atoms with van der Waals surface area (Å²) in [5, 5.41) is 0. The average Bonchev–Trinajstić information content (AvgIpc) is 2.52. The van der Waals surface area contributed by atoms with Gasteiger partial charge in [-0.2, -0.15) is 0 Å². The summed E-state index contributed by atoms with van der Waals surface area (Å²) in [6.07, 6.45) is 0. The van der Waals surface area contributed by atoms with Gasteiger partial charge in [0.05, 0.1) is 0 Å². The van der Waals surface area contributed by atoms with Crippen molar-refractivity contribution >= 4 is 11.9 Å². The van der Waals surface area contributed by atoms with Gasteiger partial charge in [0.2, 0.25) is 0 Å². The Hall–Kier alpha value is -2.62. The lowest BCUT2D eigenvalue weighted by Gasteiger charge is -2.08. The molecule has 0 unspecified atom stereocenters. The van der Waals surface area contributed by atoms with Crippen molar-refractivity contribution in [3.63, 3.8) is 0 Å². The van der Waals surface area contributed by atoms with Crippen LogP contribution in [-0.2, 0) is 32.3 Å². The van der Waals surface area contributed by atoms with E-state index in [9.17, 15) is 9.59 Å². The molecular formula is C18H18O4. The first-order valence-electron chi connectivity index (χ1n) is 7.01. The van der Waals surface area contributed by atoms with Gasteiger partial charge in [0, 0.05) is 0 Å². The lowest BCUT2D eigenvalue weighted by atomic mass is 10.1. The molecule has 4 heteroatoms. The van der Waals surface area contributed by atoms with Gasteiger partial charge in [-0.25, -0.2) is 9.59 Å². The second-order valence-electron chi connectivity index (χ2n) is 5.01. The molecule has 2 rings (SSSR count). The molecule has 0 radical (unpaired) electrons. The van der Waals surface area contributed by atoms with Crippen LogP contribution in [0.3, 0.4) is 0 Å². The maximum Gasteiger partial charge on any atom is 0.417 e. The zero-order chi connectivity index (χ0) is 15.9. The van der Waals surface area contributed by atoms with E-state index in [1.165, 1.54) is 0 Å². The Balaban J connectivity index is 1.84. The van der Waals surface area contributed by atoms with Crippen LogP contribution >= 0.6 is 0 Å². The molecule has 22 heavy (non-hydrogen) atoms. The standard InChI is InChI=1S/C18H18O4/c1-13-7-3-5-9-15(13)11-21-17(19)18(20)22-12-16-10-6-4-8-14(16)2/h3-10H,11-12H2,1-2H3. The Morgan fingerprint density at radius 1 is 0.727 bits per heavy atom. The van der Waals surface area contributed by atoms with E-state index in [0.717, 1.165) is 22.3 Å². The van der Waals surface area contributed by atoms with Crippen LogP contribution in [0.25, 0.3) is 0 Å². The van der Waals surface area contributed by atoms with Gasteiger partial charge in [-0.3, -0.25) is 0 Å². The first kappa shape index (κ1) is 15.8. The number of carbonyl (C=O) groups is 2. The number of esters is 2. The molecule has 0 N–H and O–H groups in total. The van der Waals surface area contributed by atoms with Gasteiger partial charge in [0.1, 0.15) is 13.2 Å². The molecule has 0 saturated carbocycles. The number of aryl methyl sites for hydroxylation is 2. The van der Waals surface area contributed by atoms with Crippen LogP contribution in [0, 0.1) is 13.8 Å². The van der Waals surface area contributed by atoms with E-state index in [2.05, 4.69) is 0 Å². The molecule has 0 fully saturated rings. The Morgan fingerprint density at radius 3 is 1.45 bits per heavy atom. The number of benzene rings is 2. The van der Waals surface area contributed by atoms with Crippen LogP contribution in [0.4, 0.5) is 0 Å². The van der Waals surface area contributed by atoms with E-state index in [1.807, 2.05) is 62.4 Å². The van der Waals surface area contributed by atoms with Gasteiger partial charge in [-0.05, 0) is 36.1 Å². The lowest BCUT2D eigenvalue weighted by molar-refractivity contribution is -0.169. The van der Waals surface area contributed by atoms with Gasteiger partial charge in [-0.15, -0.1) is 0 Å². The fraction of sp³-hybridized carbons (Fsp3) is 0.222. The van der Waals surface area contributed by atoms with Gasteiger partial charge in [-0.1, -0.05) is 48.5 Å². The zero-order valence-electron chi connectivity index (χ0n) is 12.7. The fourth-order valence-corrected chi connectivity index (χ4v) is 1.95. The molecule has 114 valence electrons. The topological polar surface area (TPSA) is 52.6 Å². The highest BCUT2D eigenvalue weighted by atomic mass is 16.6. The van der Waals surface area contributed by atoms with Crippen LogP contribution in [0.15, 0.2) is 48.5 Å². The molecule has 0 amide bonds. The second kappa shape index (κ2) is 7.41. The van der Waals surface area contributed by atoms with Crippen molar-refractivity contribution in [3.8, 4) is 0 Å². The number of rotatable bonds is 4. The molecule has 0 atom stereocenters. The van der Waals surface area contributed by atoms with E-state index < -0.39 is 11.9 Å². The van der Waals surface area contributed by atoms with Crippen molar-refractivity contribution in [1.29, 1.82) is 0 Å². The van der Waals surface area contributed by atoms with Crippen molar-refractivity contribution in [2.45, 2.75) is 27.1 Å². The molecule has 0 aromatic heterocycles. The normalized spacial score (nSPS) is 10.1. The summed E-state index contributed by atoms with van der Waals surface area (Å²) in [5.74, 6) is -1.95. The van der Waals surface area contributed by atoms with Crippen molar-refractivity contribution in [1.82, 2.24) is 0 Å². The Morgan fingerprint density at radius 2 is 1.09 bits per heavy atom. The second-order valence-corrected chi connectivity index (χ2v) is 5.01. The highest BCUT2D eigenvalue weighted by molar-refractivity contribution is 6.29. The van der Waals surface area contributed by atoms with E-state index in [4.69, 9.17) is 9.47 Å². The molecule has 0 aliphatic carbocycles. The average molecular weight is 298 g/mol. The van der Waals surface area contributed by atoms with Crippen molar-refractivity contribution < 1.29 is 19.1 Å². The fourth-order valence-electron chi connectivity index (χ4n) is 1.95. The molecule has 0 heterocycles. The Kier molecular flexibility index (Phi) is 5.31. The highest BCUT2D eigenvalue weighted by Gasteiger charge is 2.18. The number of hydrogen-bond acceptors (Lipinski definition) is 4. The molecule has 0 spiro atoms. The quantitative estimate of drug-likeness (QED) is 0.643. The third-order valence-corrected chi connectivity index (χ3v) is 3.41. The van der Waals surface area contributed by atoms with Crippen molar-refractivity contribution in [3.05, 3.63) is 70.8 Å². The molecular weight excluding hydrogens is 280 g/mol. The van der Waals surface area contributed by atoms with Gasteiger partial charge in [0.25, 0.3) is 0 Å². The van der Waals surface area contributed by atoms with Crippen LogP contribution in [0.2, 0.25) is 0 Å². The van der Waals surface area contributed by atoms with Crippen molar-refractivity contribution in [2.24, 2.45) is 0 Å². The molecule has 0 aliphatic heterocycles. The number of carbonyl (C=O) groups excluding carboxylic acids is 2. The highest BCUT2D eigenvalue weighted by Crippen LogP contribution is 2.10. The monoisotopic (exact) mass is 298 g/mol. The Bertz CT molecular complexity index is 617. The van der Waals surface area contributed by atoms with Crippen molar-refractivity contribution in [2.75, 3.05) is 0 Å². The lowest BCUT2D eigenvalue weighted by Crippen LogP contribution is -2.20. The first-order valence-corrected chi connectivity index (χ1v) is 7.01. The van der Waals surface area contributed by atoms with Crippen LogP contribution in [0.5, 0.6) is 0 Å². The number of hydrogen-bond donors (Lipinski definition) is 0. The van der Waals surface area contributed by atoms with Gasteiger partial charge >= 0.3 is 11.9 Å². The predicted octanol–water partition coefficient (Wildman–Crippen LogP) is 3.09. The van der Waals surface area contributed by atoms with Gasteiger partial charge < -0.3 is 9.47 Å². The summed E-state index contributed by atoms with van der Waals surface area (Å²) < 4.78 is 9.95. The minimum atomic E-state index is -0.975. The summed E-state index contributed by atoms with van der Waals surface area (Å²) in [7, 11) is 0. The summed E-state index contributed by atoms with van der Waals surface area (Å²) in [4.78, 5) is 23.3. The molecule has 2 aromatic rings. The van der Waals surface area contributed by atoms with E-state index >= 15 is 0 Å². The summed E-state index contributed by atoms with van der Waals surface area (Å²) in [6.45, 7) is 3.95. The van der Waals surface area contributed by atoms with E-state index in [-0.39, 0.29) is 13.2 Å². The van der Waals surface area contributed by atoms with E-state index in [0.29, 0.717) is 0 Å². The molecule has 0 bridgehead atoms. The number of ether oxygens (including phenoxy) is 2. The molecule has 0 aliphatic rings. The summed E-state index contributed by atoms with van der Waals surface area (Å²) >= 11 is 0. The minimum Gasteiger partial charge on any atom is -0.452 e. The molecule has 0 saturated heterocycles. The summed E-state index contributed by atoms with van der Waals surface area (Å²) in [6, 6.07) is 15.0. The largest absolute Gasteiger partial charge is 0.452 e. The zero-order valence-corrected chi connectivity index (χ0v) is 12.7. The molecule has 2 aromatic carbocycles. The van der Waals surface area contributed by atoms with Crippen LogP contribution in [-0.4, -0.2) is 11.9 Å². The minimum absolute atomic E-state index is 0.0605. The maximum atomic E-state index is 11.6. The van der Waals surface area contributed by atoms with Crippen LogP contribution < -0.4 is 0 Å². The third kappa shape index (κ3) is 4.19. The Labute approximate surface area is 129 Å². The first-order chi connectivity index (χ1) is 10.6. The van der Waals surface area contributed by atoms with Gasteiger partial charge in [0.15, 0.2) is 0 Å². The third-order valence-electron chi connectivity index (χ3n) is 3.41. The molecule has 4 nitrogen and oxygen atoms in total. The maximum absolute atomic E-state index is 11.6. The van der Waals surface area contributed by atoms with E-state index in [1.54, 1.807) is 0 Å².